The number of amidine groups is 1. The highest BCUT2D eigenvalue weighted by atomic mass is 16.5. The van der Waals surface area contributed by atoms with Crippen LogP contribution in [-0.2, 0) is 11.2 Å². The van der Waals surface area contributed by atoms with E-state index in [0.29, 0.717) is 36.3 Å². The van der Waals surface area contributed by atoms with E-state index in [0.717, 1.165) is 41.9 Å². The zero-order chi connectivity index (χ0) is 23.8. The van der Waals surface area contributed by atoms with Crippen molar-refractivity contribution < 1.29 is 9.53 Å². The molecule has 2 aliphatic rings. The molecule has 4 rings (SSSR count). The van der Waals surface area contributed by atoms with E-state index in [2.05, 4.69) is 31.9 Å². The molecule has 176 valence electrons. The number of aryl methyl sites for hydroxylation is 3. The van der Waals surface area contributed by atoms with Crippen molar-refractivity contribution >= 4 is 17.6 Å². The number of aromatic nitrogens is 3. The topological polar surface area (TPSA) is 131 Å². The summed E-state index contributed by atoms with van der Waals surface area (Å²) in [5.41, 5.74) is 12.1. The molecule has 4 N–H and O–H groups in total. The number of methoxy groups -OCH3 is 1. The van der Waals surface area contributed by atoms with Gasteiger partial charge in [-0.05, 0) is 51.7 Å². The number of hydrogen-bond donors (Lipinski definition) is 3. The van der Waals surface area contributed by atoms with Crippen molar-refractivity contribution in [2.24, 2.45) is 10.8 Å². The number of fused-ring (bicyclic) bond motifs is 1. The van der Waals surface area contributed by atoms with Crippen molar-refractivity contribution in [2.45, 2.75) is 51.5 Å². The molecular weight excluding hydrogens is 420 g/mol. The third-order valence-electron chi connectivity index (χ3n) is 6.58. The smallest absolute Gasteiger partial charge is 0.231 e. The lowest BCUT2D eigenvalue weighted by Gasteiger charge is -2.36. The predicted octanol–water partition coefficient (Wildman–Crippen LogP) is 1.47. The Balaban J connectivity index is 1.50. The highest BCUT2D eigenvalue weighted by Crippen LogP contribution is 2.37. The van der Waals surface area contributed by atoms with Crippen LogP contribution in [0.25, 0.3) is 0 Å². The first-order valence-corrected chi connectivity index (χ1v) is 11.2. The van der Waals surface area contributed by atoms with Crippen LogP contribution >= 0.6 is 0 Å². The molecule has 1 saturated heterocycles. The zero-order valence-corrected chi connectivity index (χ0v) is 19.9. The second kappa shape index (κ2) is 8.84. The van der Waals surface area contributed by atoms with Gasteiger partial charge in [-0.3, -0.25) is 4.79 Å². The predicted molar refractivity (Wildman–Crippen MR) is 126 cm³/mol. The lowest BCUT2D eigenvalue weighted by atomic mass is 9.86. The second-order valence-electron chi connectivity index (χ2n) is 8.87. The van der Waals surface area contributed by atoms with E-state index in [9.17, 15) is 4.79 Å². The second-order valence-corrected chi connectivity index (χ2v) is 8.87. The fraction of sp³-hybridized carbons (Fsp3) is 0.522. The number of hydrogen-bond acceptors (Lipinski definition) is 8. The molecule has 0 radical (unpaired) electrons. The van der Waals surface area contributed by atoms with Gasteiger partial charge in [0.2, 0.25) is 11.8 Å². The molecule has 0 aromatic carbocycles. The molecule has 10 heteroatoms. The Labute approximate surface area is 194 Å². The van der Waals surface area contributed by atoms with Gasteiger partial charge in [-0.15, -0.1) is 0 Å². The summed E-state index contributed by atoms with van der Waals surface area (Å²) in [6, 6.07) is 3.81. The Morgan fingerprint density at radius 2 is 2.09 bits per heavy atom. The normalized spacial score (nSPS) is 20.9. The lowest BCUT2D eigenvalue weighted by Crippen LogP contribution is -2.46. The fourth-order valence-electron chi connectivity index (χ4n) is 4.73. The number of rotatable bonds is 5. The third kappa shape index (κ3) is 4.42. The average Bonchev–Trinajstić information content (AvgIpc) is 3.20. The van der Waals surface area contributed by atoms with Gasteiger partial charge in [0.15, 0.2) is 5.84 Å². The van der Waals surface area contributed by atoms with E-state index in [1.165, 1.54) is 0 Å². The number of carbonyl (C=O) groups is 1. The highest BCUT2D eigenvalue weighted by Gasteiger charge is 2.43. The quantitative estimate of drug-likeness (QED) is 0.353. The molecule has 33 heavy (non-hydrogen) atoms. The number of nitrogens with one attached hydrogen (secondary N) is 2. The molecule has 0 unspecified atom stereocenters. The number of anilines is 1. The number of amides is 1. The molecule has 1 fully saturated rings. The van der Waals surface area contributed by atoms with Crippen LogP contribution in [0.5, 0.6) is 5.88 Å². The van der Waals surface area contributed by atoms with Crippen LogP contribution in [0, 0.1) is 13.8 Å². The maximum atomic E-state index is 13.3. The largest absolute Gasteiger partial charge is 0.481 e. The van der Waals surface area contributed by atoms with E-state index in [-0.39, 0.29) is 17.4 Å². The van der Waals surface area contributed by atoms with Crippen molar-refractivity contribution in [1.29, 1.82) is 0 Å². The first kappa shape index (κ1) is 22.8. The van der Waals surface area contributed by atoms with Crippen molar-refractivity contribution in [3.63, 3.8) is 0 Å². The number of ether oxygens (including phenoxy) is 1. The number of hydrazone groups is 1. The van der Waals surface area contributed by atoms with Gasteiger partial charge in [0.1, 0.15) is 11.6 Å². The fourth-order valence-corrected chi connectivity index (χ4v) is 4.73. The lowest BCUT2D eigenvalue weighted by molar-refractivity contribution is -0.131. The molecule has 0 bridgehead atoms. The van der Waals surface area contributed by atoms with Crippen LogP contribution in [0.4, 0.5) is 5.82 Å². The van der Waals surface area contributed by atoms with Crippen molar-refractivity contribution in [3.8, 4) is 5.88 Å². The van der Waals surface area contributed by atoms with Crippen LogP contribution < -0.4 is 21.2 Å². The van der Waals surface area contributed by atoms with Gasteiger partial charge in [0.05, 0.1) is 30.0 Å². The van der Waals surface area contributed by atoms with Gasteiger partial charge >= 0.3 is 0 Å². The summed E-state index contributed by atoms with van der Waals surface area (Å²) in [6.07, 6.45) is 2.67. The summed E-state index contributed by atoms with van der Waals surface area (Å²) in [4.78, 5) is 28.7. The third-order valence-corrected chi connectivity index (χ3v) is 6.58. The molecule has 0 aliphatic carbocycles. The van der Waals surface area contributed by atoms with Gasteiger partial charge in [0, 0.05) is 31.8 Å². The number of pyridine rings is 1. The van der Waals surface area contributed by atoms with E-state index >= 15 is 0 Å². The molecule has 1 spiro atoms. The molecule has 2 aromatic rings. The first-order chi connectivity index (χ1) is 15.7. The van der Waals surface area contributed by atoms with Crippen LogP contribution in [-0.4, -0.2) is 64.4 Å². The first-order valence-electron chi connectivity index (χ1n) is 11.2. The van der Waals surface area contributed by atoms with Crippen molar-refractivity contribution in [2.75, 3.05) is 32.6 Å². The number of nitrogens with two attached hydrogens (primary N) is 1. The summed E-state index contributed by atoms with van der Waals surface area (Å²) < 4.78 is 5.25. The maximum Gasteiger partial charge on any atom is 0.231 e. The number of carbonyl (C=O) groups excluding carboxylic acids is 1. The molecule has 10 nitrogen and oxygen atoms in total. The number of likely N-dealkylation sites (tertiary alicyclic amines) is 1. The molecule has 1 amide bonds. The van der Waals surface area contributed by atoms with Gasteiger partial charge in [-0.1, -0.05) is 0 Å². The van der Waals surface area contributed by atoms with E-state index < -0.39 is 0 Å². The highest BCUT2D eigenvalue weighted by molar-refractivity contribution is 5.98. The zero-order valence-electron chi connectivity index (χ0n) is 19.9. The summed E-state index contributed by atoms with van der Waals surface area (Å²) in [7, 11) is 3.28. The minimum Gasteiger partial charge on any atom is -0.481 e. The minimum absolute atomic E-state index is 0.0650. The molecule has 4 heterocycles. The Kier molecular flexibility index (Phi) is 6.09. The molecule has 2 aromatic heterocycles. The van der Waals surface area contributed by atoms with Gasteiger partial charge < -0.3 is 26.1 Å². The molecule has 0 saturated carbocycles. The maximum absolute atomic E-state index is 13.3. The SMILES string of the molecule is CN/N=C(\N)c1cc2c(nc1C)N[C@]1(CC2)CCN(C(=O)[C@H](C)c2cc(OC)nc(C)n2)C1. The molecular formula is C23H32N8O2. The van der Waals surface area contributed by atoms with E-state index in [4.69, 9.17) is 15.5 Å². The van der Waals surface area contributed by atoms with Crippen LogP contribution in [0.3, 0.4) is 0 Å². The molecule has 2 aliphatic heterocycles. The van der Waals surface area contributed by atoms with Crippen LogP contribution in [0.15, 0.2) is 17.2 Å². The minimum atomic E-state index is -0.371. The van der Waals surface area contributed by atoms with Gasteiger partial charge in [-0.25, -0.2) is 9.97 Å². The van der Waals surface area contributed by atoms with Crippen molar-refractivity contribution in [1.82, 2.24) is 25.3 Å². The summed E-state index contributed by atoms with van der Waals surface area (Å²) in [5, 5.41) is 7.74. The summed E-state index contributed by atoms with van der Waals surface area (Å²) in [5.74, 6) is 2.06. The van der Waals surface area contributed by atoms with Gasteiger partial charge in [0.25, 0.3) is 0 Å². The van der Waals surface area contributed by atoms with Gasteiger partial charge in [-0.2, -0.15) is 10.1 Å². The average molecular weight is 453 g/mol. The van der Waals surface area contributed by atoms with Crippen LogP contribution in [0.1, 0.15) is 54.0 Å². The Morgan fingerprint density at radius 1 is 1.30 bits per heavy atom. The monoisotopic (exact) mass is 452 g/mol. The standard InChI is InChI=1S/C23H32N8O2/c1-13(18-11-19(33-5)28-15(3)27-18)22(32)31-9-8-23(12-31)7-6-16-10-17(20(24)30-25-4)14(2)26-21(16)29-23/h10-11,13,25H,6-9,12H2,1-5H3,(H2,24,30)(H,26,29)/t13-,23-/m1/s1. The number of nitrogens with zero attached hydrogens (tertiary/aromatic N) is 5. The Morgan fingerprint density at radius 3 is 2.82 bits per heavy atom. The van der Waals surface area contributed by atoms with Crippen molar-refractivity contribution in [3.05, 3.63) is 40.5 Å². The summed E-state index contributed by atoms with van der Waals surface area (Å²) in [6.45, 7) is 6.97. The Hall–Kier alpha value is -3.43. The van der Waals surface area contributed by atoms with E-state index in [1.807, 2.05) is 18.7 Å². The van der Waals surface area contributed by atoms with E-state index in [1.54, 1.807) is 27.1 Å². The summed E-state index contributed by atoms with van der Waals surface area (Å²) >= 11 is 0. The van der Waals surface area contributed by atoms with Crippen LogP contribution in [0.2, 0.25) is 0 Å². The molecule has 2 atom stereocenters. The Bertz CT molecular complexity index is 1100.